The zero-order valence-electron chi connectivity index (χ0n) is 3.68. The zero-order chi connectivity index (χ0) is 4.83. The summed E-state index contributed by atoms with van der Waals surface area (Å²) < 4.78 is 0. The van der Waals surface area contributed by atoms with Crippen molar-refractivity contribution in [3.05, 3.63) is 19.3 Å². The highest BCUT2D eigenvalue weighted by molar-refractivity contribution is 4.70. The third kappa shape index (κ3) is 3.54. The van der Waals surface area contributed by atoms with Gasteiger partial charge < -0.3 is 0 Å². The van der Waals surface area contributed by atoms with Gasteiger partial charge in [0.05, 0.1) is 0 Å². The van der Waals surface area contributed by atoms with E-state index in [4.69, 9.17) is 0 Å². The predicted molar refractivity (Wildman–Crippen MR) is 24.4 cm³/mol. The largest absolute Gasteiger partial charge is 0.299 e. The van der Waals surface area contributed by atoms with Crippen LogP contribution >= 0.6 is 0 Å². The molecule has 0 aromatic carbocycles. The van der Waals surface area contributed by atoms with Gasteiger partial charge in [-0.15, -0.1) is 0 Å². The number of hydrogen-bond donors (Lipinski definition) is 0. The van der Waals surface area contributed by atoms with Crippen LogP contribution in [0, 0.1) is 6.92 Å². The summed E-state index contributed by atoms with van der Waals surface area (Å²) in [6, 6.07) is 0. The van der Waals surface area contributed by atoms with E-state index in [0.717, 1.165) is 19.1 Å². The first-order valence-electron chi connectivity index (χ1n) is 1.98. The fraction of sp³-hybridized carbons (Fsp3) is 0.400. The van der Waals surface area contributed by atoms with E-state index < -0.39 is 0 Å². The Morgan fingerprint density at radius 1 is 1.67 bits per heavy atom. The van der Waals surface area contributed by atoms with Gasteiger partial charge in [-0.25, -0.2) is 0 Å². The van der Waals surface area contributed by atoms with Crippen LogP contribution in [0.2, 0.25) is 0 Å². The molecule has 0 saturated carbocycles. The van der Waals surface area contributed by atoms with Crippen LogP contribution in [0.1, 0.15) is 12.8 Å². The maximum absolute atomic E-state index is 9.48. The maximum Gasteiger partial charge on any atom is 0.138 e. The first-order valence-corrected chi connectivity index (χ1v) is 1.98. The fourth-order valence-corrected chi connectivity index (χ4v) is 0.186. The van der Waals surface area contributed by atoms with Crippen LogP contribution in [0.4, 0.5) is 0 Å². The van der Waals surface area contributed by atoms with E-state index >= 15 is 0 Å². The van der Waals surface area contributed by atoms with Gasteiger partial charge in [-0.05, 0) is 18.9 Å². The summed E-state index contributed by atoms with van der Waals surface area (Å²) in [4.78, 5) is 0. The lowest BCUT2D eigenvalue weighted by atomic mass is 10.3. The Bertz CT molecular complexity index is 39.2. The Hall–Kier alpha value is -0.460. The van der Waals surface area contributed by atoms with Crippen LogP contribution in [0.25, 0.3) is 0 Å². The van der Waals surface area contributed by atoms with Crippen molar-refractivity contribution in [3.8, 4) is 0 Å². The Balaban J connectivity index is 2.66. The second-order valence-electron chi connectivity index (χ2n) is 1.01. The normalized spacial score (nSPS) is 10.2. The van der Waals surface area contributed by atoms with Crippen LogP contribution in [0.3, 0.4) is 0 Å². The minimum Gasteiger partial charge on any atom is -0.299 e. The molecule has 0 N–H and O–H groups in total. The molecule has 0 rings (SSSR count). The fourth-order valence-electron chi connectivity index (χ4n) is 0.186. The third-order valence-corrected chi connectivity index (χ3v) is 0.467. The molecule has 6 heavy (non-hydrogen) atoms. The summed E-state index contributed by atoms with van der Waals surface area (Å²) >= 11 is 0. The average molecular weight is 84.1 g/mol. The summed E-state index contributed by atoms with van der Waals surface area (Å²) in [5.41, 5.74) is 0. The molecule has 0 amide bonds. The van der Waals surface area contributed by atoms with Crippen LogP contribution in [-0.2, 0) is 5.11 Å². The van der Waals surface area contributed by atoms with Gasteiger partial charge in [0, 0.05) is 0 Å². The quantitative estimate of drug-likeness (QED) is 0.452. The van der Waals surface area contributed by atoms with Crippen LogP contribution < -0.4 is 0 Å². The molecule has 0 unspecified atom stereocenters. The molecule has 0 aromatic heterocycles. The summed E-state index contributed by atoms with van der Waals surface area (Å²) in [6.07, 6.45) is 3.99. The molecule has 1 heteroatoms. The first-order chi connectivity index (χ1) is 2.91. The third-order valence-electron chi connectivity index (χ3n) is 0.467. The average Bonchev–Trinajstić information content (AvgIpc) is 1.61. The second kappa shape index (κ2) is 4.54. The van der Waals surface area contributed by atoms with Crippen LogP contribution in [0.5, 0.6) is 0 Å². The molecule has 0 aromatic rings. The standard InChI is InChI=1S/C5H8O/c1-2-3-4-5-6/h4-5H,1-3H2. The summed E-state index contributed by atoms with van der Waals surface area (Å²) in [5, 5.41) is 9.48. The minimum atomic E-state index is 0.797. The minimum absolute atomic E-state index is 0.797. The van der Waals surface area contributed by atoms with E-state index in [1.54, 1.807) is 6.08 Å². The maximum atomic E-state index is 9.48. The van der Waals surface area contributed by atoms with E-state index in [9.17, 15) is 5.11 Å². The SMILES string of the molecule is [CH2]CCC=C[O]. The molecule has 0 atom stereocenters. The molecule has 0 saturated heterocycles. The van der Waals surface area contributed by atoms with Crippen molar-refractivity contribution < 1.29 is 5.11 Å². The van der Waals surface area contributed by atoms with Gasteiger partial charge in [0.25, 0.3) is 0 Å². The van der Waals surface area contributed by atoms with Crippen LogP contribution in [0.15, 0.2) is 12.3 Å². The molecule has 0 heterocycles. The van der Waals surface area contributed by atoms with Crippen molar-refractivity contribution in [2.24, 2.45) is 0 Å². The topological polar surface area (TPSA) is 19.9 Å². The Kier molecular flexibility index (Phi) is 4.19. The molecule has 1 nitrogen and oxygen atoms in total. The monoisotopic (exact) mass is 84.1 g/mol. The lowest BCUT2D eigenvalue weighted by Crippen LogP contribution is -1.57. The van der Waals surface area contributed by atoms with Crippen molar-refractivity contribution in [1.29, 1.82) is 0 Å². The van der Waals surface area contributed by atoms with Gasteiger partial charge in [-0.2, -0.15) is 0 Å². The highest BCUT2D eigenvalue weighted by Crippen LogP contribution is 1.84. The summed E-state index contributed by atoms with van der Waals surface area (Å²) in [5.74, 6) is 0. The molecule has 0 aliphatic carbocycles. The second-order valence-corrected chi connectivity index (χ2v) is 1.01. The van der Waals surface area contributed by atoms with Crippen LogP contribution in [-0.4, -0.2) is 0 Å². The number of hydrogen-bond acceptors (Lipinski definition) is 0. The van der Waals surface area contributed by atoms with E-state index in [-0.39, 0.29) is 0 Å². The van der Waals surface area contributed by atoms with E-state index in [0.29, 0.717) is 0 Å². The van der Waals surface area contributed by atoms with Gasteiger partial charge in [-0.3, -0.25) is 5.11 Å². The van der Waals surface area contributed by atoms with Gasteiger partial charge >= 0.3 is 0 Å². The first kappa shape index (κ1) is 5.54. The smallest absolute Gasteiger partial charge is 0.138 e. The van der Waals surface area contributed by atoms with Crippen molar-refractivity contribution in [2.45, 2.75) is 12.8 Å². The number of rotatable bonds is 2. The lowest BCUT2D eigenvalue weighted by molar-refractivity contribution is 0.350. The number of allylic oxidation sites excluding steroid dienone is 1. The molecule has 0 fully saturated rings. The van der Waals surface area contributed by atoms with Gasteiger partial charge in [-0.1, -0.05) is 6.92 Å². The van der Waals surface area contributed by atoms with Gasteiger partial charge in [0.2, 0.25) is 0 Å². The Labute approximate surface area is 38.3 Å². The van der Waals surface area contributed by atoms with E-state index in [1.165, 1.54) is 0 Å². The van der Waals surface area contributed by atoms with E-state index in [1.807, 2.05) is 0 Å². The molecule has 2 radical (unpaired) electrons. The molecule has 34 valence electrons. The Morgan fingerprint density at radius 2 is 2.33 bits per heavy atom. The molecular formula is C5H8O. The Morgan fingerprint density at radius 3 is 2.50 bits per heavy atom. The molecule has 0 spiro atoms. The van der Waals surface area contributed by atoms with E-state index in [2.05, 4.69) is 6.92 Å². The van der Waals surface area contributed by atoms with Crippen molar-refractivity contribution >= 4 is 0 Å². The van der Waals surface area contributed by atoms with Crippen molar-refractivity contribution in [2.75, 3.05) is 0 Å². The highest BCUT2D eigenvalue weighted by Gasteiger charge is 1.67. The lowest BCUT2D eigenvalue weighted by Gasteiger charge is -1.74. The van der Waals surface area contributed by atoms with Gasteiger partial charge in [0.15, 0.2) is 0 Å². The molecule has 0 aliphatic heterocycles. The number of unbranched alkanes of at least 4 members (excludes halogenated alkanes) is 1. The zero-order valence-corrected chi connectivity index (χ0v) is 3.68. The molecule has 0 bridgehead atoms. The molecular weight excluding hydrogens is 76.1 g/mol. The molecule has 0 aliphatic rings. The van der Waals surface area contributed by atoms with Crippen molar-refractivity contribution in [1.82, 2.24) is 0 Å². The van der Waals surface area contributed by atoms with Crippen molar-refractivity contribution in [3.63, 3.8) is 0 Å². The highest BCUT2D eigenvalue weighted by atomic mass is 16.2. The summed E-state index contributed by atoms with van der Waals surface area (Å²) in [7, 11) is 0. The van der Waals surface area contributed by atoms with Gasteiger partial charge in [0.1, 0.15) is 6.26 Å². The predicted octanol–water partition coefficient (Wildman–Crippen LogP) is 1.54. The summed E-state index contributed by atoms with van der Waals surface area (Å²) in [6.45, 7) is 3.53.